The van der Waals surface area contributed by atoms with Crippen LogP contribution in [0.1, 0.15) is 18.8 Å². The number of hydrogen-bond acceptors (Lipinski definition) is 4. The summed E-state index contributed by atoms with van der Waals surface area (Å²) in [6, 6.07) is 6.54. The summed E-state index contributed by atoms with van der Waals surface area (Å²) in [5.41, 5.74) is 0. The van der Waals surface area contributed by atoms with E-state index in [0.717, 1.165) is 0 Å². The van der Waals surface area contributed by atoms with Gasteiger partial charge in [0.1, 0.15) is 18.7 Å². The van der Waals surface area contributed by atoms with Crippen molar-refractivity contribution in [2.45, 2.75) is 13.0 Å². The zero-order valence-corrected chi connectivity index (χ0v) is 13.2. The van der Waals surface area contributed by atoms with Crippen LogP contribution in [0.2, 0.25) is 5.02 Å². The van der Waals surface area contributed by atoms with Crippen molar-refractivity contribution in [3.05, 3.63) is 41.4 Å². The lowest BCUT2D eigenvalue weighted by Crippen LogP contribution is -2.39. The van der Waals surface area contributed by atoms with E-state index < -0.39 is 0 Å². The molecular formula is C14H18ClN5O2. The van der Waals surface area contributed by atoms with E-state index in [4.69, 9.17) is 16.3 Å². The number of carbonyl (C=O) groups is 1. The van der Waals surface area contributed by atoms with Gasteiger partial charge < -0.3 is 19.9 Å². The van der Waals surface area contributed by atoms with Crippen molar-refractivity contribution in [2.24, 2.45) is 7.05 Å². The van der Waals surface area contributed by atoms with Crippen LogP contribution in [0.5, 0.6) is 5.75 Å². The molecule has 22 heavy (non-hydrogen) atoms. The number of hydrogen-bond donors (Lipinski definition) is 2. The largest absolute Gasteiger partial charge is 0.492 e. The number of halogens is 1. The van der Waals surface area contributed by atoms with Crippen LogP contribution in [0, 0.1) is 0 Å². The van der Waals surface area contributed by atoms with Gasteiger partial charge in [-0.3, -0.25) is 0 Å². The first kappa shape index (κ1) is 16.1. The second kappa shape index (κ2) is 7.65. The molecule has 0 saturated heterocycles. The number of benzene rings is 1. The predicted molar refractivity (Wildman–Crippen MR) is 82.9 cm³/mol. The number of carbonyl (C=O) groups excluding carboxylic acids is 1. The Bertz CT molecular complexity index is 614. The molecule has 2 aromatic rings. The molecule has 0 unspecified atom stereocenters. The smallest absolute Gasteiger partial charge is 0.315 e. The summed E-state index contributed by atoms with van der Waals surface area (Å²) < 4.78 is 7.24. The van der Waals surface area contributed by atoms with Crippen molar-refractivity contribution >= 4 is 17.6 Å². The topological polar surface area (TPSA) is 81.1 Å². The summed E-state index contributed by atoms with van der Waals surface area (Å²) in [5, 5.41) is 13.9. The normalized spacial score (nSPS) is 11.8. The van der Waals surface area contributed by atoms with Gasteiger partial charge in [-0.15, -0.1) is 10.2 Å². The molecule has 2 amide bonds. The highest BCUT2D eigenvalue weighted by Crippen LogP contribution is 2.15. The Kier molecular flexibility index (Phi) is 5.60. The molecule has 7 nitrogen and oxygen atoms in total. The molecule has 8 heteroatoms. The number of amides is 2. The van der Waals surface area contributed by atoms with Crippen LogP contribution in [0.15, 0.2) is 30.6 Å². The molecule has 0 aliphatic carbocycles. The van der Waals surface area contributed by atoms with E-state index in [2.05, 4.69) is 20.8 Å². The van der Waals surface area contributed by atoms with E-state index in [1.54, 1.807) is 35.2 Å². The highest BCUT2D eigenvalue weighted by molar-refractivity contribution is 6.30. The second-order valence-electron chi connectivity index (χ2n) is 4.72. The van der Waals surface area contributed by atoms with Gasteiger partial charge in [0, 0.05) is 12.1 Å². The Morgan fingerprint density at radius 2 is 2.14 bits per heavy atom. The fourth-order valence-electron chi connectivity index (χ4n) is 1.86. The molecule has 1 atom stereocenters. The summed E-state index contributed by atoms with van der Waals surface area (Å²) in [5.74, 6) is 1.40. The van der Waals surface area contributed by atoms with Crippen LogP contribution >= 0.6 is 11.6 Å². The van der Waals surface area contributed by atoms with Crippen LogP contribution < -0.4 is 15.4 Å². The molecular weight excluding hydrogens is 306 g/mol. The first-order valence-electron chi connectivity index (χ1n) is 6.83. The summed E-state index contributed by atoms with van der Waals surface area (Å²) in [7, 11) is 1.82. The lowest BCUT2D eigenvalue weighted by atomic mass is 10.3. The van der Waals surface area contributed by atoms with Gasteiger partial charge in [0.05, 0.1) is 12.6 Å². The molecule has 1 aromatic heterocycles. The number of ether oxygens (including phenoxy) is 1. The van der Waals surface area contributed by atoms with Crippen molar-refractivity contribution in [3.63, 3.8) is 0 Å². The first-order valence-corrected chi connectivity index (χ1v) is 7.20. The molecule has 0 radical (unpaired) electrons. The summed E-state index contributed by atoms with van der Waals surface area (Å²) >= 11 is 5.78. The Balaban J connectivity index is 1.67. The van der Waals surface area contributed by atoms with Gasteiger partial charge in [0.25, 0.3) is 0 Å². The van der Waals surface area contributed by atoms with Crippen molar-refractivity contribution in [3.8, 4) is 5.75 Å². The lowest BCUT2D eigenvalue weighted by Gasteiger charge is -2.14. The number of aryl methyl sites for hydroxylation is 1. The van der Waals surface area contributed by atoms with Crippen LogP contribution in [0.25, 0.3) is 0 Å². The van der Waals surface area contributed by atoms with Crippen molar-refractivity contribution in [2.75, 3.05) is 13.2 Å². The summed E-state index contributed by atoms with van der Waals surface area (Å²) in [6.07, 6.45) is 1.59. The molecule has 1 aromatic carbocycles. The molecule has 0 aliphatic heterocycles. The molecule has 2 N–H and O–H groups in total. The van der Waals surface area contributed by atoms with Crippen molar-refractivity contribution < 1.29 is 9.53 Å². The third kappa shape index (κ3) is 4.63. The average molecular weight is 324 g/mol. The van der Waals surface area contributed by atoms with Crippen LogP contribution in [0.4, 0.5) is 4.79 Å². The van der Waals surface area contributed by atoms with Gasteiger partial charge in [-0.2, -0.15) is 0 Å². The third-order valence-corrected chi connectivity index (χ3v) is 3.20. The van der Waals surface area contributed by atoms with Gasteiger partial charge in [-0.1, -0.05) is 11.6 Å². The van der Waals surface area contributed by atoms with Crippen LogP contribution in [-0.4, -0.2) is 33.9 Å². The average Bonchev–Trinajstić information content (AvgIpc) is 2.92. The van der Waals surface area contributed by atoms with E-state index >= 15 is 0 Å². The van der Waals surface area contributed by atoms with Gasteiger partial charge in [0.2, 0.25) is 0 Å². The molecule has 0 saturated carbocycles. The highest BCUT2D eigenvalue weighted by atomic mass is 35.5. The van der Waals surface area contributed by atoms with Gasteiger partial charge in [-0.25, -0.2) is 4.79 Å². The Hall–Kier alpha value is -2.28. The monoisotopic (exact) mass is 323 g/mol. The minimum Gasteiger partial charge on any atom is -0.492 e. The van der Waals surface area contributed by atoms with E-state index in [9.17, 15) is 4.79 Å². The minimum absolute atomic E-state index is 0.232. The molecule has 1 heterocycles. The Morgan fingerprint density at radius 1 is 1.41 bits per heavy atom. The number of nitrogens with one attached hydrogen (secondary N) is 2. The van der Waals surface area contributed by atoms with Gasteiger partial charge >= 0.3 is 6.03 Å². The maximum absolute atomic E-state index is 11.8. The number of aromatic nitrogens is 3. The zero-order chi connectivity index (χ0) is 15.9. The molecule has 0 spiro atoms. The molecule has 0 bridgehead atoms. The SMILES string of the molecule is C[C@H](NC(=O)NCCOc1ccc(Cl)cc1)c1nncn1C. The molecule has 0 fully saturated rings. The third-order valence-electron chi connectivity index (χ3n) is 2.95. The van der Waals surface area contributed by atoms with E-state index in [-0.39, 0.29) is 12.1 Å². The molecule has 118 valence electrons. The Labute approximate surface area is 133 Å². The Morgan fingerprint density at radius 3 is 2.77 bits per heavy atom. The van der Waals surface area contributed by atoms with Crippen LogP contribution in [-0.2, 0) is 7.05 Å². The van der Waals surface area contributed by atoms with E-state index in [1.807, 2.05) is 14.0 Å². The standard InChI is InChI=1S/C14H18ClN5O2/c1-10(13-19-17-9-20(13)2)18-14(21)16-7-8-22-12-5-3-11(15)4-6-12/h3-6,9-10H,7-8H2,1-2H3,(H2,16,18,21)/t10-/m0/s1. The fourth-order valence-corrected chi connectivity index (χ4v) is 1.99. The maximum atomic E-state index is 11.8. The predicted octanol–water partition coefficient (Wildman–Crippen LogP) is 1.91. The maximum Gasteiger partial charge on any atom is 0.315 e. The van der Waals surface area contributed by atoms with Gasteiger partial charge in [-0.05, 0) is 31.2 Å². The highest BCUT2D eigenvalue weighted by Gasteiger charge is 2.13. The summed E-state index contributed by atoms with van der Waals surface area (Å²) in [4.78, 5) is 11.8. The minimum atomic E-state index is -0.282. The van der Waals surface area contributed by atoms with Crippen molar-refractivity contribution in [1.29, 1.82) is 0 Å². The first-order chi connectivity index (χ1) is 10.6. The molecule has 0 aliphatic rings. The van der Waals surface area contributed by atoms with Crippen molar-refractivity contribution in [1.82, 2.24) is 25.4 Å². The molecule has 2 rings (SSSR count). The van der Waals surface area contributed by atoms with E-state index in [1.165, 1.54) is 0 Å². The van der Waals surface area contributed by atoms with Gasteiger partial charge in [0.15, 0.2) is 5.82 Å². The quantitative estimate of drug-likeness (QED) is 0.796. The number of nitrogens with zero attached hydrogens (tertiary/aromatic N) is 3. The van der Waals surface area contributed by atoms with E-state index in [0.29, 0.717) is 29.7 Å². The lowest BCUT2D eigenvalue weighted by molar-refractivity contribution is 0.233. The van der Waals surface area contributed by atoms with Crippen LogP contribution in [0.3, 0.4) is 0 Å². The fraction of sp³-hybridized carbons (Fsp3) is 0.357. The summed E-state index contributed by atoms with van der Waals surface area (Å²) in [6.45, 7) is 2.60. The second-order valence-corrected chi connectivity index (χ2v) is 5.16. The zero-order valence-electron chi connectivity index (χ0n) is 12.4. The number of rotatable bonds is 6. The number of urea groups is 1.